The molecule has 162 valence electrons. The molecule has 0 aliphatic heterocycles. The number of ether oxygens (including phenoxy) is 1. The van der Waals surface area contributed by atoms with Crippen LogP contribution in [-0.2, 0) is 16.1 Å². The lowest BCUT2D eigenvalue weighted by atomic mass is 10.1. The number of esters is 1. The van der Waals surface area contributed by atoms with Gasteiger partial charge >= 0.3 is 11.7 Å². The van der Waals surface area contributed by atoms with Gasteiger partial charge in [0.25, 0.3) is 5.91 Å². The highest BCUT2D eigenvalue weighted by atomic mass is 32.1. The summed E-state index contributed by atoms with van der Waals surface area (Å²) in [6, 6.07) is 0. The standard InChI is InChI=1S/C18H23N5O6S/c1-5-8-29-18(26)14-11(2)15(17(25)21(3)4)30-16(14)20-13(24)6-7-22-10-12(9-19-22)23(27)28/h9-10H,5-8H2,1-4H3,(H,20,24). The average molecular weight is 437 g/mol. The van der Waals surface area contributed by atoms with Crippen LogP contribution < -0.4 is 5.32 Å². The third-order valence-corrected chi connectivity index (χ3v) is 5.24. The molecule has 11 nitrogen and oxygen atoms in total. The van der Waals surface area contributed by atoms with Gasteiger partial charge in [-0.2, -0.15) is 5.10 Å². The number of anilines is 1. The number of carbonyl (C=O) groups excluding carboxylic acids is 3. The molecule has 0 radical (unpaired) electrons. The molecule has 0 saturated heterocycles. The molecule has 2 heterocycles. The molecule has 0 saturated carbocycles. The normalized spacial score (nSPS) is 10.5. The molecular formula is C18H23N5O6S. The Hall–Kier alpha value is -3.28. The van der Waals surface area contributed by atoms with Gasteiger partial charge in [0.1, 0.15) is 17.4 Å². The van der Waals surface area contributed by atoms with Crippen molar-refractivity contribution in [3.05, 3.63) is 38.5 Å². The number of aryl methyl sites for hydroxylation is 1. The molecule has 2 rings (SSSR count). The van der Waals surface area contributed by atoms with Crippen molar-refractivity contribution >= 4 is 39.8 Å². The highest BCUT2D eigenvalue weighted by molar-refractivity contribution is 7.18. The number of aromatic nitrogens is 2. The first-order valence-corrected chi connectivity index (χ1v) is 9.96. The second-order valence-corrected chi connectivity index (χ2v) is 7.63. The minimum absolute atomic E-state index is 0.0316. The lowest BCUT2D eigenvalue weighted by Crippen LogP contribution is -2.21. The van der Waals surface area contributed by atoms with E-state index in [4.69, 9.17) is 4.74 Å². The van der Waals surface area contributed by atoms with Crippen molar-refractivity contribution in [3.8, 4) is 0 Å². The van der Waals surface area contributed by atoms with Gasteiger partial charge in [0.15, 0.2) is 0 Å². The molecule has 0 aromatic carbocycles. The third kappa shape index (κ3) is 5.41. The van der Waals surface area contributed by atoms with Gasteiger partial charge < -0.3 is 15.0 Å². The Kier molecular flexibility index (Phi) is 7.64. The summed E-state index contributed by atoms with van der Waals surface area (Å²) in [4.78, 5) is 49.2. The van der Waals surface area contributed by atoms with Crippen LogP contribution in [0.1, 0.15) is 45.4 Å². The lowest BCUT2D eigenvalue weighted by Gasteiger charge is -2.09. The van der Waals surface area contributed by atoms with Crippen molar-refractivity contribution < 1.29 is 24.0 Å². The minimum Gasteiger partial charge on any atom is -0.462 e. The molecule has 0 atom stereocenters. The predicted molar refractivity (Wildman–Crippen MR) is 110 cm³/mol. The molecule has 0 aliphatic rings. The Morgan fingerprint density at radius 1 is 1.37 bits per heavy atom. The van der Waals surface area contributed by atoms with Crippen molar-refractivity contribution in [1.82, 2.24) is 14.7 Å². The van der Waals surface area contributed by atoms with Gasteiger partial charge in [-0.25, -0.2) is 4.79 Å². The second kappa shape index (κ2) is 9.96. The van der Waals surface area contributed by atoms with Crippen LogP contribution in [-0.4, -0.2) is 58.1 Å². The van der Waals surface area contributed by atoms with Crippen LogP contribution in [0.15, 0.2) is 12.4 Å². The van der Waals surface area contributed by atoms with Gasteiger partial charge in [-0.15, -0.1) is 11.3 Å². The molecule has 0 unspecified atom stereocenters. The number of carbonyl (C=O) groups is 3. The van der Waals surface area contributed by atoms with Crippen molar-refractivity contribution in [1.29, 1.82) is 0 Å². The van der Waals surface area contributed by atoms with Crippen molar-refractivity contribution in [3.63, 3.8) is 0 Å². The first-order valence-electron chi connectivity index (χ1n) is 9.14. The summed E-state index contributed by atoms with van der Waals surface area (Å²) in [5.41, 5.74) is 0.427. The Bertz CT molecular complexity index is 964. The fraction of sp³-hybridized carbons (Fsp3) is 0.444. The van der Waals surface area contributed by atoms with Crippen LogP contribution in [0.2, 0.25) is 0 Å². The Morgan fingerprint density at radius 2 is 2.07 bits per heavy atom. The minimum atomic E-state index is -0.610. The van der Waals surface area contributed by atoms with E-state index in [1.54, 1.807) is 21.0 Å². The third-order valence-electron chi connectivity index (χ3n) is 4.04. The molecular weight excluding hydrogens is 414 g/mol. The number of nitrogens with zero attached hydrogens (tertiary/aromatic N) is 4. The van der Waals surface area contributed by atoms with E-state index in [9.17, 15) is 24.5 Å². The molecule has 0 aliphatic carbocycles. The number of amides is 2. The molecule has 12 heteroatoms. The summed E-state index contributed by atoms with van der Waals surface area (Å²) < 4.78 is 6.49. The van der Waals surface area contributed by atoms with Gasteiger partial charge in [-0.1, -0.05) is 6.92 Å². The first kappa shape index (κ1) is 23.0. The van der Waals surface area contributed by atoms with E-state index in [0.29, 0.717) is 16.9 Å². The molecule has 2 aromatic rings. The van der Waals surface area contributed by atoms with Crippen LogP contribution in [0, 0.1) is 17.0 Å². The van der Waals surface area contributed by atoms with Crippen molar-refractivity contribution in [2.75, 3.05) is 26.0 Å². The van der Waals surface area contributed by atoms with E-state index >= 15 is 0 Å². The molecule has 0 fully saturated rings. The summed E-state index contributed by atoms with van der Waals surface area (Å²) in [6.07, 6.45) is 2.93. The zero-order chi connectivity index (χ0) is 22.4. The molecule has 0 spiro atoms. The van der Waals surface area contributed by atoms with E-state index in [-0.39, 0.29) is 41.7 Å². The zero-order valence-corrected chi connectivity index (χ0v) is 17.9. The number of rotatable bonds is 9. The molecule has 2 aromatic heterocycles. The van der Waals surface area contributed by atoms with Gasteiger partial charge in [0.05, 0.1) is 22.0 Å². The van der Waals surface area contributed by atoms with Gasteiger partial charge in [0.2, 0.25) is 5.91 Å². The fourth-order valence-electron chi connectivity index (χ4n) is 2.50. The summed E-state index contributed by atoms with van der Waals surface area (Å²) in [5.74, 6) is -1.32. The van der Waals surface area contributed by atoms with E-state index < -0.39 is 16.8 Å². The number of hydrogen-bond acceptors (Lipinski definition) is 8. The SMILES string of the molecule is CCCOC(=O)c1c(NC(=O)CCn2cc([N+](=O)[O-])cn2)sc(C(=O)N(C)C)c1C. The van der Waals surface area contributed by atoms with Crippen LogP contribution in [0.3, 0.4) is 0 Å². The van der Waals surface area contributed by atoms with E-state index in [2.05, 4.69) is 10.4 Å². The van der Waals surface area contributed by atoms with E-state index in [1.807, 2.05) is 6.92 Å². The van der Waals surface area contributed by atoms with Crippen LogP contribution in [0.4, 0.5) is 10.7 Å². The van der Waals surface area contributed by atoms with Crippen molar-refractivity contribution in [2.45, 2.75) is 33.2 Å². The molecule has 1 N–H and O–H groups in total. The smallest absolute Gasteiger partial charge is 0.341 e. The van der Waals surface area contributed by atoms with Gasteiger partial charge in [-0.05, 0) is 18.9 Å². The number of thiophene rings is 1. The molecule has 0 bridgehead atoms. The number of hydrogen-bond donors (Lipinski definition) is 1. The Morgan fingerprint density at radius 3 is 2.63 bits per heavy atom. The highest BCUT2D eigenvalue weighted by Gasteiger charge is 2.27. The van der Waals surface area contributed by atoms with Crippen molar-refractivity contribution in [2.24, 2.45) is 0 Å². The zero-order valence-electron chi connectivity index (χ0n) is 17.1. The maximum Gasteiger partial charge on any atom is 0.341 e. The topological polar surface area (TPSA) is 137 Å². The Balaban J connectivity index is 2.19. The molecule has 2 amide bonds. The van der Waals surface area contributed by atoms with Crippen LogP contribution >= 0.6 is 11.3 Å². The maximum absolute atomic E-state index is 12.5. The van der Waals surface area contributed by atoms with Crippen LogP contribution in [0.5, 0.6) is 0 Å². The second-order valence-electron chi connectivity index (χ2n) is 6.61. The largest absolute Gasteiger partial charge is 0.462 e. The monoisotopic (exact) mass is 437 g/mol. The number of nitro groups is 1. The summed E-state index contributed by atoms with van der Waals surface area (Å²) >= 11 is 1.01. The average Bonchev–Trinajstić information content (AvgIpc) is 3.28. The first-order chi connectivity index (χ1) is 14.1. The lowest BCUT2D eigenvalue weighted by molar-refractivity contribution is -0.385. The Labute approximate surface area is 176 Å². The highest BCUT2D eigenvalue weighted by Crippen LogP contribution is 2.34. The van der Waals surface area contributed by atoms with Crippen LogP contribution in [0.25, 0.3) is 0 Å². The van der Waals surface area contributed by atoms with Gasteiger partial charge in [-0.3, -0.25) is 24.4 Å². The maximum atomic E-state index is 12.5. The van der Waals surface area contributed by atoms with E-state index in [1.165, 1.54) is 15.8 Å². The summed E-state index contributed by atoms with van der Waals surface area (Å²) in [5, 5.41) is 17.4. The van der Waals surface area contributed by atoms with E-state index in [0.717, 1.165) is 17.5 Å². The fourth-order valence-corrected chi connectivity index (χ4v) is 3.73. The number of nitrogens with one attached hydrogen (secondary N) is 1. The van der Waals surface area contributed by atoms with Gasteiger partial charge in [0, 0.05) is 27.1 Å². The summed E-state index contributed by atoms with van der Waals surface area (Å²) in [7, 11) is 3.19. The predicted octanol–water partition coefficient (Wildman–Crippen LogP) is 2.46. The molecule has 30 heavy (non-hydrogen) atoms. The quantitative estimate of drug-likeness (QED) is 0.361. The summed E-state index contributed by atoms with van der Waals surface area (Å²) in [6.45, 7) is 3.82.